The SMILES string of the molecule is CCCc1nc(C2CCC(CC)C2)sc1CN. The van der Waals surface area contributed by atoms with E-state index in [-0.39, 0.29) is 0 Å². The van der Waals surface area contributed by atoms with Crippen LogP contribution in [-0.4, -0.2) is 4.98 Å². The lowest BCUT2D eigenvalue weighted by atomic mass is 10.0. The summed E-state index contributed by atoms with van der Waals surface area (Å²) >= 11 is 1.87. The molecule has 1 aliphatic carbocycles. The van der Waals surface area contributed by atoms with Crippen molar-refractivity contribution in [1.82, 2.24) is 4.98 Å². The number of aryl methyl sites for hydroxylation is 1. The number of nitrogens with two attached hydrogens (primary N) is 1. The average Bonchev–Trinajstić information content (AvgIpc) is 2.94. The Hall–Kier alpha value is -0.410. The van der Waals surface area contributed by atoms with Crippen LogP contribution in [0.4, 0.5) is 0 Å². The van der Waals surface area contributed by atoms with E-state index in [4.69, 9.17) is 10.7 Å². The van der Waals surface area contributed by atoms with Gasteiger partial charge in [0.25, 0.3) is 0 Å². The Morgan fingerprint density at radius 1 is 1.35 bits per heavy atom. The van der Waals surface area contributed by atoms with Gasteiger partial charge in [0.05, 0.1) is 10.7 Å². The highest BCUT2D eigenvalue weighted by atomic mass is 32.1. The lowest BCUT2D eigenvalue weighted by molar-refractivity contribution is 0.520. The third kappa shape index (κ3) is 2.89. The third-order valence-electron chi connectivity index (χ3n) is 3.93. The average molecular weight is 252 g/mol. The van der Waals surface area contributed by atoms with Gasteiger partial charge in [-0.1, -0.05) is 26.7 Å². The van der Waals surface area contributed by atoms with Gasteiger partial charge >= 0.3 is 0 Å². The van der Waals surface area contributed by atoms with Gasteiger partial charge in [-0.15, -0.1) is 11.3 Å². The maximum Gasteiger partial charge on any atom is 0.0962 e. The molecule has 3 heteroatoms. The van der Waals surface area contributed by atoms with E-state index >= 15 is 0 Å². The Bertz CT molecular complexity index is 359. The fourth-order valence-electron chi connectivity index (χ4n) is 2.84. The molecule has 0 bridgehead atoms. The second-order valence-corrected chi connectivity index (χ2v) is 6.28. The first kappa shape index (κ1) is 13.0. The molecule has 1 fully saturated rings. The van der Waals surface area contributed by atoms with Gasteiger partial charge in [0.2, 0.25) is 0 Å². The minimum absolute atomic E-state index is 0.664. The number of thiazole rings is 1. The topological polar surface area (TPSA) is 38.9 Å². The van der Waals surface area contributed by atoms with Gasteiger partial charge in [-0.3, -0.25) is 0 Å². The molecule has 2 atom stereocenters. The molecule has 0 spiro atoms. The van der Waals surface area contributed by atoms with Crippen LogP contribution in [0.1, 0.15) is 67.4 Å². The molecule has 1 aliphatic rings. The molecule has 0 aliphatic heterocycles. The van der Waals surface area contributed by atoms with Crippen molar-refractivity contribution in [3.05, 3.63) is 15.6 Å². The summed E-state index contributed by atoms with van der Waals surface area (Å²) in [5, 5.41) is 1.37. The standard InChI is InChI=1S/C14H24N2S/c1-3-5-12-13(9-15)17-14(16-12)11-7-6-10(4-2)8-11/h10-11H,3-9,15H2,1-2H3. The molecule has 2 N–H and O–H groups in total. The minimum atomic E-state index is 0.664. The second-order valence-electron chi connectivity index (χ2n) is 5.16. The van der Waals surface area contributed by atoms with Crippen molar-refractivity contribution >= 4 is 11.3 Å². The summed E-state index contributed by atoms with van der Waals surface area (Å²) in [6.45, 7) is 5.18. The van der Waals surface area contributed by atoms with Crippen LogP contribution >= 0.6 is 11.3 Å². The van der Waals surface area contributed by atoms with Crippen molar-refractivity contribution in [2.75, 3.05) is 0 Å². The predicted octanol–water partition coefficient (Wildman–Crippen LogP) is 3.85. The molecular weight excluding hydrogens is 228 g/mol. The maximum absolute atomic E-state index is 5.82. The lowest BCUT2D eigenvalue weighted by Gasteiger charge is -2.06. The fraction of sp³-hybridized carbons (Fsp3) is 0.786. The van der Waals surface area contributed by atoms with Crippen molar-refractivity contribution < 1.29 is 0 Å². The zero-order valence-corrected chi connectivity index (χ0v) is 11.9. The maximum atomic E-state index is 5.82. The van der Waals surface area contributed by atoms with Crippen molar-refractivity contribution in [2.45, 2.75) is 64.8 Å². The number of aromatic nitrogens is 1. The van der Waals surface area contributed by atoms with E-state index in [0.717, 1.165) is 18.3 Å². The zero-order chi connectivity index (χ0) is 12.3. The highest BCUT2D eigenvalue weighted by Crippen LogP contribution is 2.41. The largest absolute Gasteiger partial charge is 0.326 e. The molecule has 2 unspecified atom stereocenters. The molecule has 1 aromatic rings. The molecule has 96 valence electrons. The van der Waals surface area contributed by atoms with Crippen LogP contribution < -0.4 is 5.73 Å². The quantitative estimate of drug-likeness (QED) is 0.864. The van der Waals surface area contributed by atoms with Crippen molar-refractivity contribution in [3.63, 3.8) is 0 Å². The van der Waals surface area contributed by atoms with Crippen LogP contribution in [0, 0.1) is 5.92 Å². The summed E-state index contributed by atoms with van der Waals surface area (Å²) < 4.78 is 0. The summed E-state index contributed by atoms with van der Waals surface area (Å²) in [6, 6.07) is 0. The Labute approximate surface area is 109 Å². The highest BCUT2D eigenvalue weighted by molar-refractivity contribution is 7.11. The first-order valence-corrected chi connectivity index (χ1v) is 7.78. The molecule has 0 amide bonds. The molecule has 1 heterocycles. The van der Waals surface area contributed by atoms with E-state index < -0.39 is 0 Å². The molecule has 2 rings (SSSR count). The molecule has 2 nitrogen and oxygen atoms in total. The van der Waals surface area contributed by atoms with E-state index in [1.165, 1.54) is 47.7 Å². The van der Waals surface area contributed by atoms with Crippen molar-refractivity contribution in [1.29, 1.82) is 0 Å². The van der Waals surface area contributed by atoms with Gasteiger partial charge in [-0.2, -0.15) is 0 Å². The zero-order valence-electron chi connectivity index (χ0n) is 11.0. The molecule has 0 saturated heterocycles. The number of rotatable bonds is 5. The van der Waals surface area contributed by atoms with E-state index in [9.17, 15) is 0 Å². The fourth-order valence-corrected chi connectivity index (χ4v) is 3.98. The van der Waals surface area contributed by atoms with Crippen LogP contribution in [0.3, 0.4) is 0 Å². The lowest BCUT2D eigenvalue weighted by Crippen LogP contribution is -1.98. The number of hydrogen-bond donors (Lipinski definition) is 1. The summed E-state index contributed by atoms with van der Waals surface area (Å²) in [6.07, 6.45) is 7.65. The predicted molar refractivity (Wildman–Crippen MR) is 74.4 cm³/mol. The molecule has 1 saturated carbocycles. The molecule has 0 radical (unpaired) electrons. The summed E-state index contributed by atoms with van der Waals surface area (Å²) in [7, 11) is 0. The second kappa shape index (κ2) is 5.96. The highest BCUT2D eigenvalue weighted by Gasteiger charge is 2.27. The summed E-state index contributed by atoms with van der Waals surface area (Å²) in [5.41, 5.74) is 7.09. The van der Waals surface area contributed by atoms with Gasteiger partial charge in [0.15, 0.2) is 0 Å². The van der Waals surface area contributed by atoms with Crippen molar-refractivity contribution in [3.8, 4) is 0 Å². The normalized spacial score (nSPS) is 24.4. The third-order valence-corrected chi connectivity index (χ3v) is 5.22. The monoisotopic (exact) mass is 252 g/mol. The van der Waals surface area contributed by atoms with Crippen LogP contribution in [-0.2, 0) is 13.0 Å². The van der Waals surface area contributed by atoms with E-state index in [1.807, 2.05) is 11.3 Å². The van der Waals surface area contributed by atoms with E-state index in [1.54, 1.807) is 0 Å². The number of hydrogen-bond acceptors (Lipinski definition) is 3. The van der Waals surface area contributed by atoms with Gasteiger partial charge in [-0.05, 0) is 31.6 Å². The van der Waals surface area contributed by atoms with Gasteiger partial charge < -0.3 is 5.73 Å². The Morgan fingerprint density at radius 2 is 2.18 bits per heavy atom. The molecule has 17 heavy (non-hydrogen) atoms. The first-order chi connectivity index (χ1) is 8.28. The van der Waals surface area contributed by atoms with Crippen molar-refractivity contribution in [2.24, 2.45) is 11.7 Å². The molecule has 0 aromatic carbocycles. The van der Waals surface area contributed by atoms with Crippen LogP contribution in [0.2, 0.25) is 0 Å². The van der Waals surface area contributed by atoms with Crippen LogP contribution in [0.25, 0.3) is 0 Å². The van der Waals surface area contributed by atoms with Crippen LogP contribution in [0.5, 0.6) is 0 Å². The van der Waals surface area contributed by atoms with Gasteiger partial charge in [0.1, 0.15) is 0 Å². The molecular formula is C14H24N2S. The molecule has 1 aromatic heterocycles. The Balaban J connectivity index is 2.11. The minimum Gasteiger partial charge on any atom is -0.326 e. The van der Waals surface area contributed by atoms with Gasteiger partial charge in [-0.25, -0.2) is 4.98 Å². The summed E-state index contributed by atoms with van der Waals surface area (Å²) in [5.74, 6) is 1.65. The Kier molecular flexibility index (Phi) is 4.57. The van der Waals surface area contributed by atoms with E-state index in [0.29, 0.717) is 6.54 Å². The summed E-state index contributed by atoms with van der Waals surface area (Å²) in [4.78, 5) is 6.18. The Morgan fingerprint density at radius 3 is 2.76 bits per heavy atom. The first-order valence-electron chi connectivity index (χ1n) is 6.96. The smallest absolute Gasteiger partial charge is 0.0962 e. The number of nitrogens with zero attached hydrogens (tertiary/aromatic N) is 1. The van der Waals surface area contributed by atoms with Crippen LogP contribution in [0.15, 0.2) is 0 Å². The van der Waals surface area contributed by atoms with Gasteiger partial charge in [0, 0.05) is 17.3 Å². The van der Waals surface area contributed by atoms with E-state index in [2.05, 4.69) is 13.8 Å².